The first kappa shape index (κ1) is 22.7. The summed E-state index contributed by atoms with van der Waals surface area (Å²) in [6.45, 7) is 2.36. The molecule has 5 rings (SSSR count). The molecule has 4 atom stereocenters. The van der Waals surface area contributed by atoms with Crippen molar-refractivity contribution in [3.05, 3.63) is 54.2 Å². The first-order valence-corrected chi connectivity index (χ1v) is 12.1. The summed E-state index contributed by atoms with van der Waals surface area (Å²) in [7, 11) is -2.03. The Kier molecular flexibility index (Phi) is 5.93. The van der Waals surface area contributed by atoms with Crippen LogP contribution < -0.4 is 15.4 Å². The van der Waals surface area contributed by atoms with Gasteiger partial charge in [0.1, 0.15) is 23.8 Å². The minimum absolute atomic E-state index is 0.0183. The van der Waals surface area contributed by atoms with Crippen molar-refractivity contribution in [1.82, 2.24) is 24.5 Å². The molecule has 34 heavy (non-hydrogen) atoms. The van der Waals surface area contributed by atoms with Crippen LogP contribution in [0.5, 0.6) is 0 Å². The Hall–Kier alpha value is -3.13. The average molecular weight is 490 g/mol. The van der Waals surface area contributed by atoms with Gasteiger partial charge in [0, 0.05) is 25.0 Å². The second-order valence-corrected chi connectivity index (χ2v) is 10.00. The third kappa shape index (κ3) is 4.59. The van der Waals surface area contributed by atoms with Crippen molar-refractivity contribution in [1.29, 1.82) is 0 Å². The number of sulfonamides is 1. The third-order valence-corrected chi connectivity index (χ3v) is 7.24. The van der Waals surface area contributed by atoms with Crippen LogP contribution in [0.25, 0.3) is 0 Å². The standard InChI is InChI=1S/C21H24FN7O4S/c1-12-7-23-21(25-14-8-24-29(2)9-14)27-20(12)26-16-10-32-19-17(11-33-18(16)19)28-34(30,31)15-5-3-13(22)4-6-15/h3-9,16-19,28H,10-11H2,1-2H3,(H2,23,25,26,27)/t16-,17+,18?,19?/m1/s1. The number of aryl methyl sites for hydroxylation is 2. The molecular formula is C21H24FN7O4S. The Balaban J connectivity index is 1.25. The van der Waals surface area contributed by atoms with E-state index >= 15 is 0 Å². The molecule has 4 heterocycles. The van der Waals surface area contributed by atoms with E-state index in [1.54, 1.807) is 17.1 Å². The summed E-state index contributed by atoms with van der Waals surface area (Å²) in [6.07, 6.45) is 4.35. The summed E-state index contributed by atoms with van der Waals surface area (Å²) in [5, 5.41) is 10.6. The molecule has 11 nitrogen and oxygen atoms in total. The highest BCUT2D eigenvalue weighted by atomic mass is 32.2. The maximum atomic E-state index is 13.2. The lowest BCUT2D eigenvalue weighted by molar-refractivity contribution is 0.0690. The second kappa shape index (κ2) is 8.91. The summed E-state index contributed by atoms with van der Waals surface area (Å²) < 4.78 is 54.7. The van der Waals surface area contributed by atoms with E-state index < -0.39 is 28.0 Å². The molecule has 2 saturated heterocycles. The fraction of sp³-hybridized carbons (Fsp3) is 0.381. The van der Waals surface area contributed by atoms with Crippen LogP contribution in [0.2, 0.25) is 0 Å². The maximum absolute atomic E-state index is 13.2. The number of fused-ring (bicyclic) bond motifs is 1. The molecule has 2 unspecified atom stereocenters. The van der Waals surface area contributed by atoms with E-state index in [9.17, 15) is 12.8 Å². The van der Waals surface area contributed by atoms with Gasteiger partial charge in [-0.2, -0.15) is 10.1 Å². The largest absolute Gasteiger partial charge is 0.371 e. The monoisotopic (exact) mass is 489 g/mol. The highest BCUT2D eigenvalue weighted by Gasteiger charge is 2.49. The zero-order chi connectivity index (χ0) is 23.9. The Labute approximate surface area is 195 Å². The molecule has 180 valence electrons. The molecule has 2 aromatic heterocycles. The summed E-state index contributed by atoms with van der Waals surface area (Å²) in [4.78, 5) is 8.85. The van der Waals surface area contributed by atoms with Crippen LogP contribution in [0.15, 0.2) is 47.8 Å². The van der Waals surface area contributed by atoms with Crippen molar-refractivity contribution >= 4 is 27.5 Å². The molecule has 1 aromatic carbocycles. The van der Waals surface area contributed by atoms with Gasteiger partial charge in [0.25, 0.3) is 0 Å². The predicted octanol–water partition coefficient (Wildman–Crippen LogP) is 1.33. The number of rotatable bonds is 7. The smallest absolute Gasteiger partial charge is 0.240 e. The lowest BCUT2D eigenvalue weighted by Gasteiger charge is -2.20. The summed E-state index contributed by atoms with van der Waals surface area (Å²) in [5.41, 5.74) is 1.60. The molecule has 0 saturated carbocycles. The van der Waals surface area contributed by atoms with E-state index in [4.69, 9.17) is 9.47 Å². The Morgan fingerprint density at radius 2 is 1.79 bits per heavy atom. The molecule has 3 N–H and O–H groups in total. The molecule has 3 aromatic rings. The zero-order valence-electron chi connectivity index (χ0n) is 18.5. The minimum Gasteiger partial charge on any atom is -0.371 e. The molecule has 13 heteroatoms. The molecular weight excluding hydrogens is 465 g/mol. The van der Waals surface area contributed by atoms with Crippen molar-refractivity contribution in [2.24, 2.45) is 7.05 Å². The number of aromatic nitrogens is 4. The SMILES string of the molecule is Cc1cnc(Nc2cnn(C)c2)nc1N[C@@H]1COC2C1OC[C@@H]2NS(=O)(=O)c1ccc(F)cc1. The van der Waals surface area contributed by atoms with Gasteiger partial charge in [-0.3, -0.25) is 4.68 Å². The molecule has 2 fully saturated rings. The summed E-state index contributed by atoms with van der Waals surface area (Å²) in [6, 6.07) is 3.86. The Morgan fingerprint density at radius 3 is 2.50 bits per heavy atom. The first-order valence-electron chi connectivity index (χ1n) is 10.7. The van der Waals surface area contributed by atoms with Crippen molar-refractivity contribution in [3.8, 4) is 0 Å². The van der Waals surface area contributed by atoms with Gasteiger partial charge in [-0.15, -0.1) is 0 Å². The number of ether oxygens (including phenoxy) is 2. The molecule has 0 spiro atoms. The normalized spacial score (nSPS) is 24.2. The first-order chi connectivity index (χ1) is 16.3. The quantitative estimate of drug-likeness (QED) is 0.450. The van der Waals surface area contributed by atoms with Crippen LogP contribution in [0.1, 0.15) is 5.56 Å². The lowest BCUT2D eigenvalue weighted by Crippen LogP contribution is -2.44. The minimum atomic E-state index is -3.85. The topological polar surface area (TPSA) is 132 Å². The van der Waals surface area contributed by atoms with Crippen molar-refractivity contribution < 1.29 is 22.3 Å². The summed E-state index contributed by atoms with van der Waals surface area (Å²) >= 11 is 0. The number of nitrogens with zero attached hydrogens (tertiary/aromatic N) is 4. The van der Waals surface area contributed by atoms with Crippen LogP contribution in [0.4, 0.5) is 21.8 Å². The number of hydrogen-bond donors (Lipinski definition) is 3. The fourth-order valence-electron chi connectivity index (χ4n) is 4.04. The number of hydrogen-bond acceptors (Lipinski definition) is 9. The van der Waals surface area contributed by atoms with E-state index in [1.807, 2.05) is 20.2 Å². The molecule has 0 bridgehead atoms. The van der Waals surface area contributed by atoms with Crippen LogP contribution in [-0.4, -0.2) is 65.7 Å². The van der Waals surface area contributed by atoms with Gasteiger partial charge < -0.3 is 20.1 Å². The lowest BCUT2D eigenvalue weighted by atomic mass is 10.1. The highest BCUT2D eigenvalue weighted by molar-refractivity contribution is 7.89. The highest BCUT2D eigenvalue weighted by Crippen LogP contribution is 2.30. The van der Waals surface area contributed by atoms with Gasteiger partial charge in [-0.1, -0.05) is 0 Å². The van der Waals surface area contributed by atoms with E-state index in [0.29, 0.717) is 18.4 Å². The van der Waals surface area contributed by atoms with Gasteiger partial charge in [0.05, 0.1) is 42.1 Å². The van der Waals surface area contributed by atoms with Crippen LogP contribution in [0.3, 0.4) is 0 Å². The second-order valence-electron chi connectivity index (χ2n) is 8.28. The van der Waals surface area contributed by atoms with Crippen molar-refractivity contribution in [3.63, 3.8) is 0 Å². The molecule has 0 aliphatic carbocycles. The average Bonchev–Trinajstić information content (AvgIpc) is 3.49. The van der Waals surface area contributed by atoms with Crippen molar-refractivity contribution in [2.75, 3.05) is 23.8 Å². The molecule has 2 aliphatic heterocycles. The maximum Gasteiger partial charge on any atom is 0.240 e. The van der Waals surface area contributed by atoms with Gasteiger partial charge in [0.15, 0.2) is 0 Å². The van der Waals surface area contributed by atoms with Gasteiger partial charge >= 0.3 is 0 Å². The molecule has 0 amide bonds. The van der Waals surface area contributed by atoms with Gasteiger partial charge in [-0.05, 0) is 31.2 Å². The number of halogens is 1. The fourth-order valence-corrected chi connectivity index (χ4v) is 5.28. The Bertz CT molecular complexity index is 1280. The molecule has 2 aliphatic rings. The van der Waals surface area contributed by atoms with Crippen LogP contribution in [0, 0.1) is 12.7 Å². The van der Waals surface area contributed by atoms with Crippen molar-refractivity contribution in [2.45, 2.75) is 36.1 Å². The number of anilines is 3. The molecule has 0 radical (unpaired) electrons. The van der Waals surface area contributed by atoms with E-state index in [2.05, 4.69) is 30.4 Å². The third-order valence-electron chi connectivity index (χ3n) is 5.74. The van der Waals surface area contributed by atoms with E-state index in [-0.39, 0.29) is 23.6 Å². The summed E-state index contributed by atoms with van der Waals surface area (Å²) in [5.74, 6) is 0.526. The number of benzene rings is 1. The zero-order valence-corrected chi connectivity index (χ0v) is 19.3. The predicted molar refractivity (Wildman–Crippen MR) is 121 cm³/mol. The van der Waals surface area contributed by atoms with Crippen LogP contribution in [-0.2, 0) is 26.5 Å². The Morgan fingerprint density at radius 1 is 1.09 bits per heavy atom. The van der Waals surface area contributed by atoms with E-state index in [1.165, 1.54) is 12.1 Å². The van der Waals surface area contributed by atoms with Crippen LogP contribution >= 0.6 is 0 Å². The van der Waals surface area contributed by atoms with E-state index in [0.717, 1.165) is 23.4 Å². The number of nitrogens with one attached hydrogen (secondary N) is 3. The van der Waals surface area contributed by atoms with Gasteiger partial charge in [0.2, 0.25) is 16.0 Å². The van der Waals surface area contributed by atoms with Gasteiger partial charge in [-0.25, -0.2) is 22.5 Å².